The van der Waals surface area contributed by atoms with Crippen molar-refractivity contribution in [1.29, 1.82) is 0 Å². The van der Waals surface area contributed by atoms with Gasteiger partial charge in [0.25, 0.3) is 0 Å². The second kappa shape index (κ2) is 4.30. The first-order chi connectivity index (χ1) is 7.25. The third-order valence-electron chi connectivity index (χ3n) is 2.57. The standard InChI is InChI=1S/C13H16N2/c1-11-10-15(2)13(14-11)9-8-12-6-4-3-5-7-12/h3-7,10H,8-9H2,1-2H3. The van der Waals surface area contributed by atoms with Crippen molar-refractivity contribution < 1.29 is 0 Å². The number of nitrogens with zero attached hydrogens (tertiary/aromatic N) is 2. The molecule has 0 fully saturated rings. The summed E-state index contributed by atoms with van der Waals surface area (Å²) in [5.74, 6) is 1.16. The largest absolute Gasteiger partial charge is 0.338 e. The van der Waals surface area contributed by atoms with Crippen LogP contribution in [0, 0.1) is 6.92 Å². The van der Waals surface area contributed by atoms with Crippen LogP contribution in [-0.4, -0.2) is 9.55 Å². The van der Waals surface area contributed by atoms with Gasteiger partial charge < -0.3 is 4.57 Å². The maximum absolute atomic E-state index is 4.49. The van der Waals surface area contributed by atoms with E-state index in [0.717, 1.165) is 24.4 Å². The Bertz CT molecular complexity index is 429. The number of hydrogen-bond acceptors (Lipinski definition) is 1. The monoisotopic (exact) mass is 200 g/mol. The molecule has 2 rings (SSSR count). The number of aryl methyl sites for hydroxylation is 4. The lowest BCUT2D eigenvalue weighted by molar-refractivity contribution is 0.771. The van der Waals surface area contributed by atoms with Crippen LogP contribution < -0.4 is 0 Å². The summed E-state index contributed by atoms with van der Waals surface area (Å²) < 4.78 is 2.11. The van der Waals surface area contributed by atoms with Crippen LogP contribution in [0.2, 0.25) is 0 Å². The Kier molecular flexibility index (Phi) is 2.86. The SMILES string of the molecule is Cc1cn(C)c(CCc2ccccc2)n1. The van der Waals surface area contributed by atoms with E-state index in [9.17, 15) is 0 Å². The minimum absolute atomic E-state index is 1.01. The van der Waals surface area contributed by atoms with E-state index in [4.69, 9.17) is 0 Å². The van der Waals surface area contributed by atoms with Gasteiger partial charge in [0, 0.05) is 19.7 Å². The summed E-state index contributed by atoms with van der Waals surface area (Å²) in [5, 5.41) is 0. The van der Waals surface area contributed by atoms with Gasteiger partial charge in [-0.15, -0.1) is 0 Å². The highest BCUT2D eigenvalue weighted by Gasteiger charge is 2.02. The minimum atomic E-state index is 1.01. The molecule has 0 radical (unpaired) electrons. The molecule has 0 aliphatic heterocycles. The molecule has 0 amide bonds. The maximum atomic E-state index is 4.49. The Morgan fingerprint density at radius 2 is 1.87 bits per heavy atom. The van der Waals surface area contributed by atoms with Crippen molar-refractivity contribution in [3.8, 4) is 0 Å². The highest BCUT2D eigenvalue weighted by molar-refractivity contribution is 5.16. The fourth-order valence-corrected chi connectivity index (χ4v) is 1.80. The lowest BCUT2D eigenvalue weighted by atomic mass is 10.1. The van der Waals surface area contributed by atoms with E-state index in [2.05, 4.69) is 53.1 Å². The van der Waals surface area contributed by atoms with Gasteiger partial charge in [-0.1, -0.05) is 30.3 Å². The number of rotatable bonds is 3. The highest BCUT2D eigenvalue weighted by Crippen LogP contribution is 2.06. The summed E-state index contributed by atoms with van der Waals surface area (Å²) in [5.41, 5.74) is 2.47. The highest BCUT2D eigenvalue weighted by atomic mass is 15.0. The first-order valence-corrected chi connectivity index (χ1v) is 5.28. The van der Waals surface area contributed by atoms with Gasteiger partial charge in [-0.3, -0.25) is 0 Å². The van der Waals surface area contributed by atoms with Crippen LogP contribution in [-0.2, 0) is 19.9 Å². The lowest BCUT2D eigenvalue weighted by Crippen LogP contribution is -1.99. The molecule has 0 atom stereocenters. The molecule has 0 unspecified atom stereocenters. The molecule has 2 heteroatoms. The Hall–Kier alpha value is -1.57. The Morgan fingerprint density at radius 3 is 2.47 bits per heavy atom. The molecule has 0 bridgehead atoms. The molecule has 0 aliphatic carbocycles. The first kappa shape index (κ1) is 9.97. The van der Waals surface area contributed by atoms with Crippen molar-refractivity contribution in [3.63, 3.8) is 0 Å². The number of imidazole rings is 1. The fraction of sp³-hybridized carbons (Fsp3) is 0.308. The molecule has 0 N–H and O–H groups in total. The average molecular weight is 200 g/mol. The maximum Gasteiger partial charge on any atom is 0.109 e. The normalized spacial score (nSPS) is 10.5. The molecule has 1 aromatic carbocycles. The Morgan fingerprint density at radius 1 is 1.13 bits per heavy atom. The smallest absolute Gasteiger partial charge is 0.109 e. The summed E-state index contributed by atoms with van der Waals surface area (Å²) in [6.07, 6.45) is 4.14. The quantitative estimate of drug-likeness (QED) is 0.744. The molecular formula is C13H16N2. The topological polar surface area (TPSA) is 17.8 Å². The zero-order valence-electron chi connectivity index (χ0n) is 9.27. The van der Waals surface area contributed by atoms with Crippen molar-refractivity contribution in [2.45, 2.75) is 19.8 Å². The van der Waals surface area contributed by atoms with Crippen molar-refractivity contribution >= 4 is 0 Å². The van der Waals surface area contributed by atoms with Gasteiger partial charge >= 0.3 is 0 Å². The average Bonchev–Trinajstić information content (AvgIpc) is 2.56. The minimum Gasteiger partial charge on any atom is -0.338 e. The molecule has 78 valence electrons. The lowest BCUT2D eigenvalue weighted by Gasteiger charge is -2.01. The van der Waals surface area contributed by atoms with Gasteiger partial charge in [0.2, 0.25) is 0 Å². The second-order valence-electron chi connectivity index (χ2n) is 3.90. The predicted molar refractivity (Wildman–Crippen MR) is 61.8 cm³/mol. The van der Waals surface area contributed by atoms with E-state index >= 15 is 0 Å². The summed E-state index contributed by atoms with van der Waals surface area (Å²) in [7, 11) is 2.06. The summed E-state index contributed by atoms with van der Waals surface area (Å²) in [6, 6.07) is 10.5. The van der Waals surface area contributed by atoms with Crippen LogP contribution in [0.25, 0.3) is 0 Å². The Balaban J connectivity index is 2.02. The van der Waals surface area contributed by atoms with E-state index in [1.54, 1.807) is 0 Å². The van der Waals surface area contributed by atoms with E-state index in [1.807, 2.05) is 6.92 Å². The van der Waals surface area contributed by atoms with Gasteiger partial charge in [-0.2, -0.15) is 0 Å². The molecule has 0 spiro atoms. The van der Waals surface area contributed by atoms with Gasteiger partial charge in [0.15, 0.2) is 0 Å². The van der Waals surface area contributed by atoms with Crippen LogP contribution >= 0.6 is 0 Å². The second-order valence-corrected chi connectivity index (χ2v) is 3.90. The van der Waals surface area contributed by atoms with Crippen LogP contribution in [0.1, 0.15) is 17.1 Å². The Labute approximate surface area is 90.6 Å². The third-order valence-corrected chi connectivity index (χ3v) is 2.57. The zero-order chi connectivity index (χ0) is 10.7. The van der Waals surface area contributed by atoms with Crippen LogP contribution in [0.3, 0.4) is 0 Å². The van der Waals surface area contributed by atoms with E-state index < -0.39 is 0 Å². The van der Waals surface area contributed by atoms with Crippen LogP contribution in [0.5, 0.6) is 0 Å². The van der Waals surface area contributed by atoms with Crippen molar-refractivity contribution in [3.05, 3.63) is 53.6 Å². The number of hydrogen-bond donors (Lipinski definition) is 0. The van der Waals surface area contributed by atoms with Crippen molar-refractivity contribution in [2.24, 2.45) is 7.05 Å². The van der Waals surface area contributed by atoms with Crippen molar-refractivity contribution in [2.75, 3.05) is 0 Å². The molecule has 1 heterocycles. The number of benzene rings is 1. The fourth-order valence-electron chi connectivity index (χ4n) is 1.80. The van der Waals surface area contributed by atoms with Crippen molar-refractivity contribution in [1.82, 2.24) is 9.55 Å². The van der Waals surface area contributed by atoms with E-state index in [-0.39, 0.29) is 0 Å². The molecular weight excluding hydrogens is 184 g/mol. The van der Waals surface area contributed by atoms with Crippen LogP contribution in [0.4, 0.5) is 0 Å². The summed E-state index contributed by atoms with van der Waals surface area (Å²) >= 11 is 0. The number of aromatic nitrogens is 2. The molecule has 2 nitrogen and oxygen atoms in total. The summed E-state index contributed by atoms with van der Waals surface area (Å²) in [6.45, 7) is 2.03. The van der Waals surface area contributed by atoms with E-state index in [0.29, 0.717) is 0 Å². The molecule has 0 saturated heterocycles. The third kappa shape index (κ3) is 2.46. The van der Waals surface area contributed by atoms with E-state index in [1.165, 1.54) is 5.56 Å². The van der Waals surface area contributed by atoms with Gasteiger partial charge in [0.05, 0.1) is 5.69 Å². The summed E-state index contributed by atoms with van der Waals surface area (Å²) in [4.78, 5) is 4.49. The van der Waals surface area contributed by atoms with Gasteiger partial charge in [0.1, 0.15) is 5.82 Å². The first-order valence-electron chi connectivity index (χ1n) is 5.28. The molecule has 15 heavy (non-hydrogen) atoms. The molecule has 0 aliphatic rings. The predicted octanol–water partition coefficient (Wildman–Crippen LogP) is 2.51. The van der Waals surface area contributed by atoms with Gasteiger partial charge in [-0.25, -0.2) is 4.98 Å². The van der Waals surface area contributed by atoms with Crippen LogP contribution in [0.15, 0.2) is 36.5 Å². The molecule has 0 saturated carbocycles. The molecule has 2 aromatic rings. The molecule has 1 aromatic heterocycles. The zero-order valence-corrected chi connectivity index (χ0v) is 9.27. The van der Waals surface area contributed by atoms with Gasteiger partial charge in [-0.05, 0) is 18.9 Å².